The fourth-order valence-corrected chi connectivity index (χ4v) is 7.82. The van der Waals surface area contributed by atoms with E-state index in [1.807, 2.05) is 18.2 Å². The van der Waals surface area contributed by atoms with E-state index in [1.165, 1.54) is 32.4 Å². The third-order valence-corrected chi connectivity index (χ3v) is 9.99. The number of benzene rings is 5. The molecule has 0 unspecified atom stereocenters. The second kappa shape index (κ2) is 10.6. The molecule has 2 heterocycles. The average Bonchev–Trinajstić information content (AvgIpc) is 3.03. The van der Waals surface area contributed by atoms with E-state index in [2.05, 4.69) is 78.6 Å². The molecule has 1 aromatic heterocycles. The van der Waals surface area contributed by atoms with Gasteiger partial charge in [0.05, 0.1) is 0 Å². The van der Waals surface area contributed by atoms with Crippen LogP contribution in [0.25, 0.3) is 33.3 Å². The predicted molar refractivity (Wildman–Crippen MR) is 170 cm³/mol. The van der Waals surface area contributed by atoms with Crippen LogP contribution in [0.4, 0.5) is 21.5 Å². The molecular formula is C36H27FN2O2Se. The molecule has 1 aliphatic rings. The van der Waals surface area contributed by atoms with Crippen molar-refractivity contribution < 1.29 is 13.9 Å². The minimum atomic E-state index is -0.280. The second-order valence-electron chi connectivity index (χ2n) is 10.2. The zero-order valence-electron chi connectivity index (χ0n) is 23.4. The summed E-state index contributed by atoms with van der Waals surface area (Å²) < 4.78 is 27.9. The molecule has 5 aromatic carbocycles. The van der Waals surface area contributed by atoms with Crippen LogP contribution in [0.3, 0.4) is 0 Å². The maximum atomic E-state index is 14.0. The molecule has 4 nitrogen and oxygen atoms in total. The van der Waals surface area contributed by atoms with Crippen molar-refractivity contribution in [1.82, 2.24) is 4.98 Å². The van der Waals surface area contributed by atoms with Gasteiger partial charge in [0.1, 0.15) is 0 Å². The van der Waals surface area contributed by atoms with Gasteiger partial charge in [0.2, 0.25) is 0 Å². The summed E-state index contributed by atoms with van der Waals surface area (Å²) in [4.78, 5) is 7.65. The van der Waals surface area contributed by atoms with Crippen LogP contribution in [0.1, 0.15) is 5.56 Å². The number of fused-ring (bicyclic) bond motifs is 3. The normalized spacial score (nSPS) is 12.1. The summed E-state index contributed by atoms with van der Waals surface area (Å²) in [5.41, 5.74) is 8.84. The van der Waals surface area contributed by atoms with Crippen LogP contribution in [-0.4, -0.2) is 34.2 Å². The Kier molecular flexibility index (Phi) is 6.66. The Morgan fingerprint density at radius 1 is 0.667 bits per heavy atom. The summed E-state index contributed by atoms with van der Waals surface area (Å²) >= 11 is 0.194. The van der Waals surface area contributed by atoms with E-state index in [0.29, 0.717) is 11.5 Å². The quantitative estimate of drug-likeness (QED) is 0.188. The topological polar surface area (TPSA) is 34.6 Å². The van der Waals surface area contributed by atoms with Gasteiger partial charge in [-0.25, -0.2) is 0 Å². The molecule has 206 valence electrons. The summed E-state index contributed by atoms with van der Waals surface area (Å²) in [7, 11) is 3.31. The van der Waals surface area contributed by atoms with Crippen LogP contribution in [0.15, 0.2) is 109 Å². The van der Waals surface area contributed by atoms with Crippen LogP contribution in [0.5, 0.6) is 11.5 Å². The molecule has 6 heteroatoms. The number of pyridine rings is 1. The van der Waals surface area contributed by atoms with Crippen molar-refractivity contribution >= 4 is 51.8 Å². The van der Waals surface area contributed by atoms with Crippen molar-refractivity contribution in [3.05, 3.63) is 121 Å². The van der Waals surface area contributed by atoms with Crippen molar-refractivity contribution in [3.8, 4) is 33.9 Å². The molecule has 0 radical (unpaired) electrons. The molecule has 0 spiro atoms. The summed E-state index contributed by atoms with van der Waals surface area (Å²) in [6, 6.07) is 36.1. The first-order valence-electron chi connectivity index (χ1n) is 13.6. The molecule has 0 amide bonds. The number of ether oxygens (including phenoxy) is 2. The molecule has 6 aromatic rings. The molecule has 0 saturated carbocycles. The van der Waals surface area contributed by atoms with E-state index in [4.69, 9.17) is 14.5 Å². The van der Waals surface area contributed by atoms with Gasteiger partial charge >= 0.3 is 251 Å². The van der Waals surface area contributed by atoms with Gasteiger partial charge in [-0.1, -0.05) is 0 Å². The molecule has 1 aliphatic heterocycles. The van der Waals surface area contributed by atoms with E-state index in [1.54, 1.807) is 26.4 Å². The number of nitrogens with zero attached hydrogens (tertiary/aromatic N) is 2. The third-order valence-electron chi connectivity index (χ3n) is 7.62. The number of aryl methyl sites for hydroxylation is 1. The summed E-state index contributed by atoms with van der Waals surface area (Å²) in [5, 5.41) is 1.04. The fraction of sp³-hybridized carbons (Fsp3) is 0.0833. The SMILES string of the molecule is COc1cc(OC)cc(-c2cc(-c3ccc(F)cc3)nc3c(N4c5ccccc5[Se]c5ccccc54)ccc(C)c23)c1. The number of methoxy groups -OCH3 is 2. The number of hydrogen-bond acceptors (Lipinski definition) is 4. The molecular weight excluding hydrogens is 590 g/mol. The van der Waals surface area contributed by atoms with Gasteiger partial charge in [-0.2, -0.15) is 0 Å². The minimum absolute atomic E-state index is 0.194. The van der Waals surface area contributed by atoms with Gasteiger partial charge < -0.3 is 0 Å². The monoisotopic (exact) mass is 618 g/mol. The number of rotatable bonds is 5. The molecule has 0 atom stereocenters. The van der Waals surface area contributed by atoms with Crippen LogP contribution in [0, 0.1) is 12.7 Å². The Balaban J connectivity index is 1.58. The first-order chi connectivity index (χ1) is 20.5. The van der Waals surface area contributed by atoms with Crippen molar-refractivity contribution in [2.45, 2.75) is 6.92 Å². The molecule has 42 heavy (non-hydrogen) atoms. The Bertz CT molecular complexity index is 1910. The van der Waals surface area contributed by atoms with E-state index < -0.39 is 0 Å². The van der Waals surface area contributed by atoms with Gasteiger partial charge in [0.15, 0.2) is 0 Å². The van der Waals surface area contributed by atoms with E-state index in [-0.39, 0.29) is 20.8 Å². The van der Waals surface area contributed by atoms with E-state index >= 15 is 0 Å². The zero-order valence-corrected chi connectivity index (χ0v) is 25.1. The van der Waals surface area contributed by atoms with Crippen molar-refractivity contribution in [1.29, 1.82) is 0 Å². The Hall–Kier alpha value is -4.64. The Morgan fingerprint density at radius 3 is 1.90 bits per heavy atom. The van der Waals surface area contributed by atoms with Crippen LogP contribution < -0.4 is 23.3 Å². The predicted octanol–water partition coefficient (Wildman–Crippen LogP) is 7.47. The molecule has 0 N–H and O–H groups in total. The van der Waals surface area contributed by atoms with Gasteiger partial charge in [-0.15, -0.1) is 0 Å². The summed E-state index contributed by atoms with van der Waals surface area (Å²) in [6.45, 7) is 2.12. The molecule has 7 rings (SSSR count). The van der Waals surface area contributed by atoms with E-state index in [0.717, 1.165) is 44.5 Å². The summed E-state index contributed by atoms with van der Waals surface area (Å²) in [6.07, 6.45) is 0. The number of halogens is 1. The Morgan fingerprint density at radius 2 is 1.29 bits per heavy atom. The number of para-hydroxylation sites is 2. The Labute approximate surface area is 250 Å². The molecule has 0 aliphatic carbocycles. The van der Waals surface area contributed by atoms with Gasteiger partial charge in [0, 0.05) is 0 Å². The zero-order chi connectivity index (χ0) is 28.8. The standard InChI is InChI=1S/C36H27FN2O2Se/c1-22-12-17-32(39-30-8-4-6-10-33(30)42-34-11-7-5-9-31(34)39)36-35(22)28(24-18-26(40-2)20-27(19-24)41-3)21-29(38-36)23-13-15-25(37)16-14-23/h4-21H,1-3H3. The van der Waals surface area contributed by atoms with Gasteiger partial charge in [0.25, 0.3) is 0 Å². The molecule has 0 fully saturated rings. The number of anilines is 3. The molecule has 0 saturated heterocycles. The summed E-state index contributed by atoms with van der Waals surface area (Å²) in [5.74, 6) is 1.12. The van der Waals surface area contributed by atoms with Crippen molar-refractivity contribution in [3.63, 3.8) is 0 Å². The third kappa shape index (κ3) is 4.50. The fourth-order valence-electron chi connectivity index (χ4n) is 5.60. The van der Waals surface area contributed by atoms with E-state index in [9.17, 15) is 4.39 Å². The second-order valence-corrected chi connectivity index (χ2v) is 12.4. The first-order valence-corrected chi connectivity index (χ1v) is 15.3. The van der Waals surface area contributed by atoms with Crippen LogP contribution in [0.2, 0.25) is 0 Å². The van der Waals surface area contributed by atoms with Crippen LogP contribution >= 0.6 is 0 Å². The van der Waals surface area contributed by atoms with Gasteiger partial charge in [-0.05, 0) is 0 Å². The maximum absolute atomic E-state index is 14.0. The molecule has 0 bridgehead atoms. The first kappa shape index (κ1) is 26.3. The van der Waals surface area contributed by atoms with Gasteiger partial charge in [-0.3, -0.25) is 0 Å². The number of hydrogen-bond donors (Lipinski definition) is 0. The van der Waals surface area contributed by atoms with Crippen molar-refractivity contribution in [2.75, 3.05) is 19.1 Å². The van der Waals surface area contributed by atoms with Crippen LogP contribution in [-0.2, 0) is 0 Å². The van der Waals surface area contributed by atoms with Crippen molar-refractivity contribution in [2.24, 2.45) is 0 Å². The average molecular weight is 618 g/mol. The number of aromatic nitrogens is 1.